The largest absolute Gasteiger partial charge is 0.496 e. The van der Waals surface area contributed by atoms with E-state index in [-0.39, 0.29) is 30.1 Å². The number of aromatic nitrogens is 3. The maximum Gasteiger partial charge on any atom is 0.270 e. The molecule has 1 saturated heterocycles. The molecule has 0 spiro atoms. The van der Waals surface area contributed by atoms with Crippen LogP contribution in [0.4, 0.5) is 11.4 Å². The monoisotopic (exact) mass is 767 g/mol. The van der Waals surface area contributed by atoms with Gasteiger partial charge in [-0.05, 0) is 78.9 Å². The zero-order valence-electron chi connectivity index (χ0n) is 32.5. The fourth-order valence-electron chi connectivity index (χ4n) is 8.18. The molecule has 13 heteroatoms. The third-order valence-corrected chi connectivity index (χ3v) is 11.6. The van der Waals surface area contributed by atoms with Crippen LogP contribution < -0.4 is 9.64 Å². The number of non-ortho nitro benzene ring substituents is 1. The molecule has 0 saturated carbocycles. The summed E-state index contributed by atoms with van der Waals surface area (Å²) in [5.74, 6) is 0.226. The lowest BCUT2D eigenvalue weighted by molar-refractivity contribution is -0.384. The third-order valence-electron chi connectivity index (χ3n) is 11.6. The van der Waals surface area contributed by atoms with Gasteiger partial charge in [0.25, 0.3) is 17.5 Å². The summed E-state index contributed by atoms with van der Waals surface area (Å²) in [5.41, 5.74) is 7.69. The number of hydrogen-bond acceptors (Lipinski definition) is 8. The summed E-state index contributed by atoms with van der Waals surface area (Å²) >= 11 is 0. The first-order chi connectivity index (χ1) is 27.6. The molecule has 292 valence electrons. The molecule has 57 heavy (non-hydrogen) atoms. The number of rotatable bonds is 10. The molecular weight excluding hydrogens is 723 g/mol. The number of methoxy groups -OCH3 is 1. The van der Waals surface area contributed by atoms with Crippen molar-refractivity contribution in [1.82, 2.24) is 24.6 Å². The highest BCUT2D eigenvalue weighted by atomic mass is 16.6. The predicted octanol–water partition coefficient (Wildman–Crippen LogP) is 6.85. The van der Waals surface area contributed by atoms with Crippen molar-refractivity contribution in [2.45, 2.75) is 39.4 Å². The van der Waals surface area contributed by atoms with E-state index in [4.69, 9.17) is 9.47 Å². The van der Waals surface area contributed by atoms with Crippen molar-refractivity contribution < 1.29 is 24.0 Å². The van der Waals surface area contributed by atoms with Crippen LogP contribution in [-0.4, -0.2) is 87.3 Å². The highest BCUT2D eigenvalue weighted by Gasteiger charge is 2.34. The van der Waals surface area contributed by atoms with Gasteiger partial charge in [0.1, 0.15) is 5.75 Å². The van der Waals surface area contributed by atoms with E-state index in [9.17, 15) is 19.7 Å². The minimum Gasteiger partial charge on any atom is -0.496 e. The number of carbonyl (C=O) groups is 2. The fraction of sp³-hybridized carbons (Fsp3) is 0.295. The van der Waals surface area contributed by atoms with Crippen LogP contribution in [-0.2, 0) is 31.3 Å². The molecule has 2 amide bonds. The average molecular weight is 768 g/mol. The summed E-state index contributed by atoms with van der Waals surface area (Å²) in [5, 5.41) is 20.3. The Morgan fingerprint density at radius 2 is 1.77 bits per heavy atom. The number of nitrogens with zero attached hydrogens (tertiary/aromatic N) is 6. The van der Waals surface area contributed by atoms with Gasteiger partial charge in [-0.25, -0.2) is 0 Å². The van der Waals surface area contributed by atoms with Gasteiger partial charge < -0.3 is 23.8 Å². The van der Waals surface area contributed by atoms with E-state index >= 15 is 0 Å². The van der Waals surface area contributed by atoms with Crippen LogP contribution in [0.1, 0.15) is 48.7 Å². The number of H-pyrrole nitrogens is 1. The number of benzene rings is 4. The van der Waals surface area contributed by atoms with E-state index in [0.717, 1.165) is 40.7 Å². The number of carbonyl (C=O) groups excluding carboxylic acids is 2. The Balaban J connectivity index is 1.20. The summed E-state index contributed by atoms with van der Waals surface area (Å²) in [7, 11) is 3.44. The summed E-state index contributed by atoms with van der Waals surface area (Å²) in [6, 6.07) is 25.7. The number of aromatic amines is 1. The molecule has 2 aromatic heterocycles. The Hall–Kier alpha value is -6.31. The molecule has 13 nitrogen and oxygen atoms in total. The van der Waals surface area contributed by atoms with Gasteiger partial charge in [0.05, 0.1) is 49.1 Å². The van der Waals surface area contributed by atoms with Crippen LogP contribution in [0.15, 0.2) is 91.1 Å². The van der Waals surface area contributed by atoms with Crippen molar-refractivity contribution in [3.8, 4) is 17.0 Å². The van der Waals surface area contributed by atoms with Gasteiger partial charge in [0.15, 0.2) is 0 Å². The smallest absolute Gasteiger partial charge is 0.270 e. The minimum atomic E-state index is -0.457. The van der Waals surface area contributed by atoms with Crippen molar-refractivity contribution >= 4 is 34.1 Å². The van der Waals surface area contributed by atoms with Crippen molar-refractivity contribution in [2.75, 3.05) is 44.9 Å². The molecule has 0 bridgehead atoms. The summed E-state index contributed by atoms with van der Waals surface area (Å²) in [6.45, 7) is 8.01. The second kappa shape index (κ2) is 15.7. The summed E-state index contributed by atoms with van der Waals surface area (Å²) in [6.07, 6.45) is 2.42. The Bertz CT molecular complexity index is 2500. The van der Waals surface area contributed by atoms with E-state index in [1.165, 1.54) is 17.7 Å². The number of anilines is 1. The number of morpholine rings is 1. The molecule has 1 N–H and O–H groups in total. The maximum absolute atomic E-state index is 15.0. The van der Waals surface area contributed by atoms with Gasteiger partial charge in [-0.3, -0.25) is 29.7 Å². The average Bonchev–Trinajstić information content (AvgIpc) is 3.82. The summed E-state index contributed by atoms with van der Waals surface area (Å²) < 4.78 is 13.1. The van der Waals surface area contributed by atoms with Gasteiger partial charge in [-0.1, -0.05) is 36.4 Å². The van der Waals surface area contributed by atoms with Crippen LogP contribution in [0.2, 0.25) is 0 Å². The molecule has 1 atom stereocenters. The maximum atomic E-state index is 15.0. The second-order valence-electron chi connectivity index (χ2n) is 14.8. The Labute approximate surface area is 330 Å². The van der Waals surface area contributed by atoms with Crippen molar-refractivity contribution in [1.29, 1.82) is 0 Å². The number of nitrogens with one attached hydrogen (secondary N) is 1. The lowest BCUT2D eigenvalue weighted by atomic mass is 9.92. The number of fused-ring (bicyclic) bond motifs is 2. The van der Waals surface area contributed by atoms with Crippen molar-refractivity contribution in [3.05, 3.63) is 140 Å². The second-order valence-corrected chi connectivity index (χ2v) is 14.8. The number of nitro benzene ring substituents is 1. The first kappa shape index (κ1) is 37.6. The zero-order chi connectivity index (χ0) is 39.8. The predicted molar refractivity (Wildman–Crippen MR) is 218 cm³/mol. The van der Waals surface area contributed by atoms with Crippen LogP contribution in [0.25, 0.3) is 22.2 Å². The molecular formula is C44H45N7O6. The lowest BCUT2D eigenvalue weighted by Gasteiger charge is -2.40. The van der Waals surface area contributed by atoms with E-state index in [0.29, 0.717) is 72.2 Å². The minimum absolute atomic E-state index is 0.123. The summed E-state index contributed by atoms with van der Waals surface area (Å²) in [4.78, 5) is 47.6. The molecule has 4 heterocycles. The fourth-order valence-corrected chi connectivity index (χ4v) is 8.18. The molecule has 8 rings (SSSR count). The number of nitro groups is 1. The van der Waals surface area contributed by atoms with Crippen LogP contribution >= 0.6 is 0 Å². The lowest BCUT2D eigenvalue weighted by Crippen LogP contribution is -2.52. The van der Waals surface area contributed by atoms with E-state index in [1.54, 1.807) is 30.3 Å². The SMILES string of the molecule is COc1cccc(CN(C(=O)c2cc(-c3cc([N+](=O)[O-])ccc3C(=O)N3Cc4ccccc4C[C@H]3CN3CCOCC3)n(C)c2C)c2ccc3cn[nH]c3c2)c1C. The molecule has 0 aliphatic carbocycles. The molecule has 4 aromatic carbocycles. The van der Waals surface area contributed by atoms with Crippen molar-refractivity contribution in [2.24, 2.45) is 7.05 Å². The van der Waals surface area contributed by atoms with Crippen LogP contribution in [0.5, 0.6) is 5.75 Å². The topological polar surface area (TPSA) is 139 Å². The standard InChI is InChI=1S/C44H45N7O6/c1-28-32(10-7-11-42(28)56-4)25-49(34-13-12-31-24-45-46-40(31)22-34)44(53)38-23-41(47(3)29(38)2)39-21-35(51(54)55)14-15-37(39)43(52)50-26-33-9-6-5-8-30(33)20-36(50)27-48-16-18-57-19-17-48/h5-15,21-24,36H,16-20,25-27H2,1-4H3,(H,45,46)/t36-/m0/s1. The van der Waals surface area contributed by atoms with Crippen molar-refractivity contribution in [3.63, 3.8) is 0 Å². The molecule has 0 radical (unpaired) electrons. The first-order valence-electron chi connectivity index (χ1n) is 19.1. The zero-order valence-corrected chi connectivity index (χ0v) is 32.5. The Kier molecular flexibility index (Phi) is 10.3. The number of hydrogen-bond donors (Lipinski definition) is 1. The molecule has 2 aliphatic rings. The Morgan fingerprint density at radius 1 is 0.982 bits per heavy atom. The van der Waals surface area contributed by atoms with Crippen LogP contribution in [0, 0.1) is 24.0 Å². The first-order valence-corrected chi connectivity index (χ1v) is 19.1. The van der Waals surface area contributed by atoms with Gasteiger partial charge in [0.2, 0.25) is 0 Å². The molecule has 6 aromatic rings. The van der Waals surface area contributed by atoms with Gasteiger partial charge >= 0.3 is 0 Å². The van der Waals surface area contributed by atoms with E-state index in [2.05, 4.69) is 27.2 Å². The highest BCUT2D eigenvalue weighted by molar-refractivity contribution is 6.09. The normalized spacial score (nSPS) is 15.7. The quantitative estimate of drug-likeness (QED) is 0.118. The third kappa shape index (κ3) is 7.27. The van der Waals surface area contributed by atoms with E-state index < -0.39 is 4.92 Å². The van der Waals surface area contributed by atoms with Gasteiger partial charge in [0, 0.05) is 85.0 Å². The molecule has 2 aliphatic heterocycles. The Morgan fingerprint density at radius 3 is 2.54 bits per heavy atom. The number of amides is 2. The molecule has 0 unspecified atom stereocenters. The molecule has 1 fully saturated rings. The van der Waals surface area contributed by atoms with Gasteiger partial charge in [-0.2, -0.15) is 5.10 Å². The van der Waals surface area contributed by atoms with Crippen LogP contribution in [0.3, 0.4) is 0 Å². The highest BCUT2D eigenvalue weighted by Crippen LogP contribution is 2.36. The van der Waals surface area contributed by atoms with E-state index in [1.807, 2.05) is 78.9 Å². The number of ether oxygens (including phenoxy) is 2. The van der Waals surface area contributed by atoms with Gasteiger partial charge in [-0.15, -0.1) is 0 Å².